The van der Waals surface area contributed by atoms with E-state index >= 15 is 0 Å². The minimum atomic E-state index is 0.431. The maximum atomic E-state index is 5.23. The second kappa shape index (κ2) is 7.34. The van der Waals surface area contributed by atoms with Gasteiger partial charge in [0.15, 0.2) is 0 Å². The van der Waals surface area contributed by atoms with Crippen LogP contribution < -0.4 is 10.1 Å². The number of methoxy groups -OCH3 is 1. The van der Waals surface area contributed by atoms with Crippen LogP contribution in [0, 0.1) is 0 Å². The van der Waals surface area contributed by atoms with Gasteiger partial charge in [0.1, 0.15) is 5.75 Å². The standard InChI is InChI=1S/C17H25NO/c1-3-18-17(13-14-7-5-4-6-8-14)15-9-11-16(19-2)12-10-15/h7,9-12,17-18H,3-6,8,13H2,1-2H3. The third-order valence-corrected chi connectivity index (χ3v) is 3.82. The van der Waals surface area contributed by atoms with Crippen LogP contribution in [-0.4, -0.2) is 13.7 Å². The molecule has 1 aliphatic carbocycles. The third-order valence-electron chi connectivity index (χ3n) is 3.82. The molecule has 1 N–H and O–H groups in total. The lowest BCUT2D eigenvalue weighted by Gasteiger charge is -2.22. The fraction of sp³-hybridized carbons (Fsp3) is 0.529. The summed E-state index contributed by atoms with van der Waals surface area (Å²) in [5.41, 5.74) is 2.97. The van der Waals surface area contributed by atoms with E-state index in [0.29, 0.717) is 6.04 Å². The first-order chi connectivity index (χ1) is 9.33. The molecule has 1 aromatic rings. The number of ether oxygens (including phenoxy) is 1. The monoisotopic (exact) mass is 259 g/mol. The van der Waals surface area contributed by atoms with Gasteiger partial charge in [0.25, 0.3) is 0 Å². The maximum Gasteiger partial charge on any atom is 0.118 e. The Labute approximate surface area is 116 Å². The third kappa shape index (κ3) is 4.10. The summed E-state index contributed by atoms with van der Waals surface area (Å²) >= 11 is 0. The highest BCUT2D eigenvalue weighted by Gasteiger charge is 2.14. The van der Waals surface area contributed by atoms with Crippen LogP contribution in [0.1, 0.15) is 50.6 Å². The predicted octanol–water partition coefficient (Wildman–Crippen LogP) is 4.24. The Kier molecular flexibility index (Phi) is 5.46. The number of allylic oxidation sites excluding steroid dienone is 1. The Morgan fingerprint density at radius 1 is 1.21 bits per heavy atom. The highest BCUT2D eigenvalue weighted by molar-refractivity contribution is 5.30. The highest BCUT2D eigenvalue weighted by atomic mass is 16.5. The van der Waals surface area contributed by atoms with Gasteiger partial charge in [-0.25, -0.2) is 0 Å². The second-order valence-electron chi connectivity index (χ2n) is 5.20. The summed E-state index contributed by atoms with van der Waals surface area (Å²) in [7, 11) is 1.71. The topological polar surface area (TPSA) is 21.3 Å². The smallest absolute Gasteiger partial charge is 0.118 e. The molecule has 104 valence electrons. The fourth-order valence-corrected chi connectivity index (χ4v) is 2.74. The van der Waals surface area contributed by atoms with E-state index in [1.54, 1.807) is 12.7 Å². The summed E-state index contributed by atoms with van der Waals surface area (Å²) in [6, 6.07) is 8.88. The van der Waals surface area contributed by atoms with Gasteiger partial charge in [0.05, 0.1) is 7.11 Å². The van der Waals surface area contributed by atoms with E-state index < -0.39 is 0 Å². The van der Waals surface area contributed by atoms with Crippen molar-refractivity contribution in [3.8, 4) is 5.75 Å². The van der Waals surface area contributed by atoms with E-state index in [-0.39, 0.29) is 0 Å². The summed E-state index contributed by atoms with van der Waals surface area (Å²) in [5.74, 6) is 0.927. The summed E-state index contributed by atoms with van der Waals surface area (Å²) in [4.78, 5) is 0. The molecule has 0 fully saturated rings. The molecule has 0 saturated carbocycles. The number of nitrogens with one attached hydrogen (secondary N) is 1. The number of benzene rings is 1. The van der Waals surface area contributed by atoms with Crippen molar-refractivity contribution in [1.29, 1.82) is 0 Å². The van der Waals surface area contributed by atoms with Crippen molar-refractivity contribution >= 4 is 0 Å². The van der Waals surface area contributed by atoms with Crippen molar-refractivity contribution in [3.63, 3.8) is 0 Å². The van der Waals surface area contributed by atoms with Crippen LogP contribution in [0.4, 0.5) is 0 Å². The first-order valence-electron chi connectivity index (χ1n) is 7.38. The summed E-state index contributed by atoms with van der Waals surface area (Å²) in [6.45, 7) is 3.18. The van der Waals surface area contributed by atoms with Crippen LogP contribution >= 0.6 is 0 Å². The zero-order valence-electron chi connectivity index (χ0n) is 12.1. The molecule has 0 saturated heterocycles. The van der Waals surface area contributed by atoms with E-state index in [0.717, 1.165) is 18.7 Å². The summed E-state index contributed by atoms with van der Waals surface area (Å²) in [6.07, 6.45) is 8.83. The Balaban J connectivity index is 2.07. The molecule has 0 aromatic heterocycles. The van der Waals surface area contributed by atoms with Crippen LogP contribution in [0.15, 0.2) is 35.9 Å². The fourth-order valence-electron chi connectivity index (χ4n) is 2.74. The Hall–Kier alpha value is -1.28. The number of rotatable bonds is 6. The molecule has 1 atom stereocenters. The average molecular weight is 259 g/mol. The van der Waals surface area contributed by atoms with Gasteiger partial charge in [0.2, 0.25) is 0 Å². The molecule has 1 unspecified atom stereocenters. The van der Waals surface area contributed by atoms with E-state index in [2.05, 4.69) is 42.6 Å². The predicted molar refractivity (Wildman–Crippen MR) is 80.6 cm³/mol. The molecule has 0 aliphatic heterocycles. The molecule has 0 bridgehead atoms. The molecule has 0 spiro atoms. The quantitative estimate of drug-likeness (QED) is 0.772. The van der Waals surface area contributed by atoms with Gasteiger partial charge in [-0.2, -0.15) is 0 Å². The van der Waals surface area contributed by atoms with Crippen molar-refractivity contribution in [1.82, 2.24) is 5.32 Å². The zero-order chi connectivity index (χ0) is 13.5. The van der Waals surface area contributed by atoms with Gasteiger partial charge in [0, 0.05) is 6.04 Å². The van der Waals surface area contributed by atoms with Crippen molar-refractivity contribution in [2.75, 3.05) is 13.7 Å². The van der Waals surface area contributed by atoms with Crippen LogP contribution in [-0.2, 0) is 0 Å². The van der Waals surface area contributed by atoms with Crippen molar-refractivity contribution in [2.45, 2.75) is 45.1 Å². The lowest BCUT2D eigenvalue weighted by molar-refractivity contribution is 0.414. The minimum absolute atomic E-state index is 0.431. The Morgan fingerprint density at radius 3 is 2.58 bits per heavy atom. The van der Waals surface area contributed by atoms with E-state index in [1.165, 1.54) is 31.2 Å². The number of hydrogen-bond acceptors (Lipinski definition) is 2. The van der Waals surface area contributed by atoms with Crippen molar-refractivity contribution in [3.05, 3.63) is 41.5 Å². The van der Waals surface area contributed by atoms with E-state index in [1.807, 2.05) is 0 Å². The maximum absolute atomic E-state index is 5.23. The SMILES string of the molecule is CCNC(CC1=CCCCC1)c1ccc(OC)cc1. The number of hydrogen-bond donors (Lipinski definition) is 1. The van der Waals surface area contributed by atoms with Crippen LogP contribution in [0.5, 0.6) is 5.75 Å². The minimum Gasteiger partial charge on any atom is -0.497 e. The van der Waals surface area contributed by atoms with Gasteiger partial charge in [-0.1, -0.05) is 30.7 Å². The molecule has 1 aromatic carbocycles. The first kappa shape index (κ1) is 14.1. The molecule has 0 amide bonds. The normalized spacial score (nSPS) is 16.8. The summed E-state index contributed by atoms with van der Waals surface area (Å²) < 4.78 is 5.23. The Bertz CT molecular complexity index is 408. The molecule has 19 heavy (non-hydrogen) atoms. The molecular formula is C17H25NO. The van der Waals surface area contributed by atoms with E-state index in [4.69, 9.17) is 4.74 Å². The molecule has 2 heteroatoms. The van der Waals surface area contributed by atoms with Crippen molar-refractivity contribution in [2.24, 2.45) is 0 Å². The highest BCUT2D eigenvalue weighted by Crippen LogP contribution is 2.28. The van der Waals surface area contributed by atoms with Gasteiger partial charge >= 0.3 is 0 Å². The first-order valence-corrected chi connectivity index (χ1v) is 7.38. The zero-order valence-corrected chi connectivity index (χ0v) is 12.1. The van der Waals surface area contributed by atoms with Crippen LogP contribution in [0.25, 0.3) is 0 Å². The van der Waals surface area contributed by atoms with Crippen molar-refractivity contribution < 1.29 is 4.74 Å². The Morgan fingerprint density at radius 2 is 2.00 bits per heavy atom. The molecule has 0 heterocycles. The van der Waals surface area contributed by atoms with Gasteiger partial charge in [-0.05, 0) is 56.3 Å². The largest absolute Gasteiger partial charge is 0.497 e. The van der Waals surface area contributed by atoms with Gasteiger partial charge in [-0.3, -0.25) is 0 Å². The lowest BCUT2D eigenvalue weighted by atomic mass is 9.91. The second-order valence-corrected chi connectivity index (χ2v) is 5.20. The molecule has 2 nitrogen and oxygen atoms in total. The lowest BCUT2D eigenvalue weighted by Crippen LogP contribution is -2.21. The molecule has 0 radical (unpaired) electrons. The van der Waals surface area contributed by atoms with E-state index in [9.17, 15) is 0 Å². The molecule has 2 rings (SSSR count). The van der Waals surface area contributed by atoms with Gasteiger partial charge < -0.3 is 10.1 Å². The van der Waals surface area contributed by atoms with Crippen LogP contribution in [0.3, 0.4) is 0 Å². The summed E-state index contributed by atoms with van der Waals surface area (Å²) in [5, 5.41) is 3.60. The van der Waals surface area contributed by atoms with Gasteiger partial charge in [-0.15, -0.1) is 0 Å². The molecule has 1 aliphatic rings. The van der Waals surface area contributed by atoms with Crippen LogP contribution in [0.2, 0.25) is 0 Å². The molecular weight excluding hydrogens is 234 g/mol. The average Bonchev–Trinajstić information content (AvgIpc) is 2.48.